The predicted molar refractivity (Wildman–Crippen MR) is 119 cm³/mol. The average Bonchev–Trinajstić information content (AvgIpc) is 2.75. The summed E-state index contributed by atoms with van der Waals surface area (Å²) in [5.41, 5.74) is 4.23. The number of methoxy groups -OCH3 is 1. The third-order valence-corrected chi connectivity index (χ3v) is 4.86. The molecule has 0 bridgehead atoms. The second-order valence-electron chi connectivity index (χ2n) is 5.87. The number of amides is 1. The molecular weight excluding hydrogens is 483 g/mol. The number of hydrazone groups is 1. The van der Waals surface area contributed by atoms with E-state index >= 15 is 0 Å². The number of rotatable bonds is 6. The normalized spacial score (nSPS) is 10.6. The third-order valence-electron chi connectivity index (χ3n) is 3.91. The van der Waals surface area contributed by atoms with E-state index in [2.05, 4.69) is 33.1 Å². The highest BCUT2D eigenvalue weighted by molar-refractivity contribution is 14.1. The van der Waals surface area contributed by atoms with Crippen LogP contribution in [-0.2, 0) is 0 Å². The lowest BCUT2D eigenvalue weighted by Crippen LogP contribution is -2.18. The van der Waals surface area contributed by atoms with E-state index < -0.39 is 5.97 Å². The Bertz CT molecular complexity index is 1030. The quantitative estimate of drug-likeness (QED) is 0.180. The van der Waals surface area contributed by atoms with Crippen molar-refractivity contribution in [3.63, 3.8) is 0 Å². The van der Waals surface area contributed by atoms with Crippen LogP contribution in [0.25, 0.3) is 0 Å². The number of hydrogen-bond donors (Lipinski definition) is 1. The molecule has 0 aliphatic carbocycles. The van der Waals surface area contributed by atoms with Gasteiger partial charge in [-0.05, 0) is 88.8 Å². The first-order valence-electron chi connectivity index (χ1n) is 8.61. The number of nitrogens with zero attached hydrogens (tertiary/aromatic N) is 1. The number of halogens is 1. The monoisotopic (exact) mass is 500 g/mol. The van der Waals surface area contributed by atoms with Crippen LogP contribution < -0.4 is 14.9 Å². The van der Waals surface area contributed by atoms with Gasteiger partial charge in [0.1, 0.15) is 11.5 Å². The highest BCUT2D eigenvalue weighted by Crippen LogP contribution is 2.16. The Morgan fingerprint density at radius 1 is 0.931 bits per heavy atom. The average molecular weight is 500 g/mol. The van der Waals surface area contributed by atoms with Crippen molar-refractivity contribution in [1.29, 1.82) is 0 Å². The lowest BCUT2D eigenvalue weighted by Gasteiger charge is -2.05. The van der Waals surface area contributed by atoms with Gasteiger partial charge in [-0.15, -0.1) is 0 Å². The van der Waals surface area contributed by atoms with Crippen LogP contribution in [-0.4, -0.2) is 25.2 Å². The van der Waals surface area contributed by atoms with Crippen LogP contribution in [0.2, 0.25) is 0 Å². The van der Waals surface area contributed by atoms with E-state index in [0.717, 1.165) is 9.13 Å². The number of esters is 1. The van der Waals surface area contributed by atoms with Gasteiger partial charge in [-0.2, -0.15) is 5.10 Å². The number of carbonyl (C=O) groups excluding carboxylic acids is 2. The Kier molecular flexibility index (Phi) is 6.96. The molecule has 7 heteroatoms. The Morgan fingerprint density at radius 3 is 2.24 bits per heavy atom. The summed E-state index contributed by atoms with van der Waals surface area (Å²) in [7, 11) is 1.56. The first kappa shape index (κ1) is 20.5. The Hall–Kier alpha value is -3.20. The molecule has 146 valence electrons. The molecule has 0 aromatic heterocycles. The van der Waals surface area contributed by atoms with Crippen LogP contribution in [0.5, 0.6) is 11.5 Å². The lowest BCUT2D eigenvalue weighted by molar-refractivity contribution is 0.0734. The maximum absolute atomic E-state index is 12.2. The fourth-order valence-corrected chi connectivity index (χ4v) is 3.02. The second kappa shape index (κ2) is 9.83. The van der Waals surface area contributed by atoms with Gasteiger partial charge in [0, 0.05) is 3.57 Å². The van der Waals surface area contributed by atoms with Gasteiger partial charge in [0.2, 0.25) is 0 Å². The molecule has 3 aromatic carbocycles. The van der Waals surface area contributed by atoms with Crippen molar-refractivity contribution in [3.05, 3.63) is 93.1 Å². The minimum atomic E-state index is -0.459. The molecule has 1 amide bonds. The van der Waals surface area contributed by atoms with Crippen molar-refractivity contribution in [1.82, 2.24) is 5.43 Å². The fraction of sp³-hybridized carbons (Fsp3) is 0.0455. The topological polar surface area (TPSA) is 77.0 Å². The maximum Gasteiger partial charge on any atom is 0.343 e. The highest BCUT2D eigenvalue weighted by Gasteiger charge is 2.09. The van der Waals surface area contributed by atoms with Crippen molar-refractivity contribution in [2.75, 3.05) is 7.11 Å². The molecule has 1 N–H and O–H groups in total. The molecule has 0 aliphatic rings. The van der Waals surface area contributed by atoms with Crippen LogP contribution in [0.3, 0.4) is 0 Å². The summed E-state index contributed by atoms with van der Waals surface area (Å²) in [5.74, 6) is 0.334. The Balaban J connectivity index is 1.56. The molecule has 0 aliphatic heterocycles. The molecule has 0 atom stereocenters. The molecule has 3 aromatic rings. The zero-order valence-electron chi connectivity index (χ0n) is 15.5. The molecule has 0 heterocycles. The molecule has 0 spiro atoms. The number of carbonyl (C=O) groups is 2. The molecule has 0 saturated carbocycles. The van der Waals surface area contributed by atoms with E-state index in [1.165, 1.54) is 6.21 Å². The van der Waals surface area contributed by atoms with Crippen LogP contribution in [0, 0.1) is 3.57 Å². The van der Waals surface area contributed by atoms with Gasteiger partial charge >= 0.3 is 5.97 Å². The van der Waals surface area contributed by atoms with Gasteiger partial charge in [0.15, 0.2) is 0 Å². The van der Waals surface area contributed by atoms with Crippen molar-refractivity contribution < 1.29 is 19.1 Å². The van der Waals surface area contributed by atoms with Crippen molar-refractivity contribution in [3.8, 4) is 11.5 Å². The van der Waals surface area contributed by atoms with Gasteiger partial charge in [0.25, 0.3) is 5.91 Å². The van der Waals surface area contributed by atoms with Gasteiger partial charge in [0.05, 0.1) is 24.5 Å². The van der Waals surface area contributed by atoms with Crippen molar-refractivity contribution in [2.24, 2.45) is 5.10 Å². The standard InChI is InChI=1S/C22H17IN2O4/c1-28-17-12-8-16(9-13-17)22(27)29-18-10-6-15(7-11-18)14-24-25-21(26)19-4-2-3-5-20(19)23/h2-14H,1H3,(H,25,26). The molecule has 0 unspecified atom stereocenters. The van der Waals surface area contributed by atoms with Gasteiger partial charge < -0.3 is 9.47 Å². The zero-order valence-corrected chi connectivity index (χ0v) is 17.6. The highest BCUT2D eigenvalue weighted by atomic mass is 127. The summed E-state index contributed by atoms with van der Waals surface area (Å²) in [6.45, 7) is 0. The van der Waals surface area contributed by atoms with Crippen LogP contribution in [0.1, 0.15) is 26.3 Å². The minimum absolute atomic E-state index is 0.281. The Morgan fingerprint density at radius 2 is 1.59 bits per heavy atom. The molecular formula is C22H17IN2O4. The van der Waals surface area contributed by atoms with Crippen molar-refractivity contribution >= 4 is 40.7 Å². The molecule has 6 nitrogen and oxygen atoms in total. The number of hydrogen-bond acceptors (Lipinski definition) is 5. The first-order valence-corrected chi connectivity index (χ1v) is 9.69. The molecule has 0 radical (unpaired) electrons. The zero-order chi connectivity index (χ0) is 20.6. The van der Waals surface area contributed by atoms with E-state index in [4.69, 9.17) is 9.47 Å². The van der Waals surface area contributed by atoms with Gasteiger partial charge in [-0.1, -0.05) is 12.1 Å². The lowest BCUT2D eigenvalue weighted by atomic mass is 10.2. The summed E-state index contributed by atoms with van der Waals surface area (Å²) in [5, 5.41) is 3.97. The fourth-order valence-electron chi connectivity index (χ4n) is 2.39. The van der Waals surface area contributed by atoms with Crippen LogP contribution in [0.15, 0.2) is 77.9 Å². The van der Waals surface area contributed by atoms with Crippen LogP contribution >= 0.6 is 22.6 Å². The smallest absolute Gasteiger partial charge is 0.343 e. The third kappa shape index (κ3) is 5.64. The van der Waals surface area contributed by atoms with Crippen LogP contribution in [0.4, 0.5) is 0 Å². The van der Waals surface area contributed by atoms with Gasteiger partial charge in [-0.3, -0.25) is 4.79 Å². The predicted octanol–water partition coefficient (Wildman–Crippen LogP) is 4.28. The minimum Gasteiger partial charge on any atom is -0.497 e. The SMILES string of the molecule is COc1ccc(C(=O)Oc2ccc(C=NNC(=O)c3ccccc3I)cc2)cc1. The summed E-state index contributed by atoms with van der Waals surface area (Å²) >= 11 is 2.10. The van der Waals surface area contributed by atoms with E-state index in [9.17, 15) is 9.59 Å². The number of ether oxygens (including phenoxy) is 2. The largest absolute Gasteiger partial charge is 0.497 e. The number of benzene rings is 3. The van der Waals surface area contributed by atoms with Crippen molar-refractivity contribution in [2.45, 2.75) is 0 Å². The molecule has 0 saturated heterocycles. The van der Waals surface area contributed by atoms with E-state index in [0.29, 0.717) is 22.6 Å². The molecule has 29 heavy (non-hydrogen) atoms. The summed E-state index contributed by atoms with van der Waals surface area (Å²) < 4.78 is 11.3. The summed E-state index contributed by atoms with van der Waals surface area (Å²) in [6.07, 6.45) is 1.52. The second-order valence-corrected chi connectivity index (χ2v) is 7.03. The number of nitrogens with one attached hydrogen (secondary N) is 1. The first-order chi connectivity index (χ1) is 14.1. The van der Waals surface area contributed by atoms with E-state index in [1.807, 2.05) is 12.1 Å². The Labute approximate surface area is 181 Å². The molecule has 3 rings (SSSR count). The molecule has 0 fully saturated rings. The van der Waals surface area contributed by atoms with E-state index in [1.54, 1.807) is 67.8 Å². The van der Waals surface area contributed by atoms with Gasteiger partial charge in [-0.25, -0.2) is 10.2 Å². The summed E-state index contributed by atoms with van der Waals surface area (Å²) in [4.78, 5) is 24.3. The summed E-state index contributed by atoms with van der Waals surface area (Å²) in [6, 6.07) is 20.7. The maximum atomic E-state index is 12.2. The van der Waals surface area contributed by atoms with E-state index in [-0.39, 0.29) is 5.91 Å².